The highest BCUT2D eigenvalue weighted by Gasteiger charge is 2.15. The van der Waals surface area contributed by atoms with Gasteiger partial charge in [0.2, 0.25) is 0 Å². The third kappa shape index (κ3) is 3.88. The normalized spacial score (nSPS) is 11.6. The minimum atomic E-state index is -3.33. The van der Waals surface area contributed by atoms with Crippen molar-refractivity contribution in [2.45, 2.75) is 11.5 Å². The molecule has 4 aromatic rings. The number of hydrogen-bond donors (Lipinski definition) is 1. The summed E-state index contributed by atoms with van der Waals surface area (Å²) < 4.78 is 29.9. The van der Waals surface area contributed by atoms with Crippen LogP contribution in [0.25, 0.3) is 22.2 Å². The first-order valence-electron chi connectivity index (χ1n) is 8.57. The van der Waals surface area contributed by atoms with E-state index in [9.17, 15) is 8.42 Å². The van der Waals surface area contributed by atoms with Crippen LogP contribution in [0.1, 0.15) is 5.82 Å². The Bertz CT molecular complexity index is 1270. The first-order chi connectivity index (χ1) is 13.4. The predicted octanol–water partition coefficient (Wildman–Crippen LogP) is 4.87. The molecule has 7 heteroatoms. The number of hydrogen-bond acceptors (Lipinski definition) is 4. The first kappa shape index (κ1) is 18.5. The van der Waals surface area contributed by atoms with Gasteiger partial charge in [0.05, 0.1) is 15.9 Å². The number of benzene rings is 3. The number of H-pyrrole nitrogens is 1. The molecule has 0 aliphatic rings. The van der Waals surface area contributed by atoms with Gasteiger partial charge in [0.25, 0.3) is 0 Å². The molecule has 1 aromatic heterocycles. The number of rotatable bonds is 5. The van der Waals surface area contributed by atoms with Gasteiger partial charge in [-0.05, 0) is 42.0 Å². The Morgan fingerprint density at radius 3 is 2.64 bits per heavy atom. The number of nitrogens with zero attached hydrogens (tertiary/aromatic N) is 1. The van der Waals surface area contributed by atoms with Crippen molar-refractivity contribution < 1.29 is 13.2 Å². The van der Waals surface area contributed by atoms with E-state index in [1.54, 1.807) is 30.3 Å². The van der Waals surface area contributed by atoms with E-state index in [2.05, 4.69) is 9.97 Å². The van der Waals surface area contributed by atoms with Crippen LogP contribution < -0.4 is 4.74 Å². The van der Waals surface area contributed by atoms with Crippen molar-refractivity contribution >= 4 is 32.5 Å². The summed E-state index contributed by atoms with van der Waals surface area (Å²) in [6.07, 6.45) is 1.21. The van der Waals surface area contributed by atoms with E-state index in [1.165, 1.54) is 6.26 Å². The fourth-order valence-electron chi connectivity index (χ4n) is 3.03. The van der Waals surface area contributed by atoms with Crippen molar-refractivity contribution in [2.75, 3.05) is 6.26 Å². The van der Waals surface area contributed by atoms with Crippen LogP contribution in [0.15, 0.2) is 71.6 Å². The zero-order valence-electron chi connectivity index (χ0n) is 15.0. The molecule has 0 radical (unpaired) electrons. The molecule has 5 nitrogen and oxygen atoms in total. The van der Waals surface area contributed by atoms with Crippen LogP contribution >= 0.6 is 11.6 Å². The van der Waals surface area contributed by atoms with Gasteiger partial charge in [-0.15, -0.1) is 0 Å². The second kappa shape index (κ2) is 7.30. The summed E-state index contributed by atoms with van der Waals surface area (Å²) in [5.41, 5.74) is 3.05. The molecule has 1 heterocycles. The fourth-order valence-corrected chi connectivity index (χ4v) is 4.12. The molecule has 0 aliphatic heterocycles. The van der Waals surface area contributed by atoms with Gasteiger partial charge in [-0.3, -0.25) is 0 Å². The standard InChI is InChI=1S/C21H17ClN2O3S/c1-28(25,26)20-8-3-2-7-17(20)14-9-10-18-19(11-14)24-21(23-18)13-27-16-6-4-5-15(22)12-16/h2-12H,13H2,1H3,(H,23,24). The number of nitrogens with one attached hydrogen (secondary N) is 1. The van der Waals surface area contributed by atoms with Gasteiger partial charge in [-0.1, -0.05) is 41.9 Å². The van der Waals surface area contributed by atoms with E-state index in [0.29, 0.717) is 27.1 Å². The van der Waals surface area contributed by atoms with Gasteiger partial charge in [0.15, 0.2) is 9.84 Å². The Morgan fingerprint density at radius 1 is 1.04 bits per heavy atom. The molecule has 0 bridgehead atoms. The fraction of sp³-hybridized carbons (Fsp3) is 0.0952. The second-order valence-corrected chi connectivity index (χ2v) is 8.85. The summed E-state index contributed by atoms with van der Waals surface area (Å²) >= 11 is 5.97. The molecule has 1 N–H and O–H groups in total. The Labute approximate surface area is 167 Å². The molecule has 0 saturated heterocycles. The van der Waals surface area contributed by atoms with E-state index >= 15 is 0 Å². The zero-order chi connectivity index (χ0) is 19.7. The van der Waals surface area contributed by atoms with Gasteiger partial charge >= 0.3 is 0 Å². The minimum Gasteiger partial charge on any atom is -0.486 e. The number of sulfone groups is 1. The van der Waals surface area contributed by atoms with Crippen molar-refractivity contribution in [3.63, 3.8) is 0 Å². The summed E-state index contributed by atoms with van der Waals surface area (Å²) in [7, 11) is -3.33. The number of aromatic amines is 1. The highest BCUT2D eigenvalue weighted by Crippen LogP contribution is 2.29. The van der Waals surface area contributed by atoms with Crippen LogP contribution in [0.4, 0.5) is 0 Å². The highest BCUT2D eigenvalue weighted by atomic mass is 35.5. The summed E-state index contributed by atoms with van der Waals surface area (Å²) in [4.78, 5) is 8.08. The topological polar surface area (TPSA) is 72.0 Å². The largest absolute Gasteiger partial charge is 0.486 e. The van der Waals surface area contributed by atoms with E-state index in [0.717, 1.165) is 16.6 Å². The molecule has 0 amide bonds. The maximum atomic E-state index is 12.1. The van der Waals surface area contributed by atoms with Crippen LogP contribution in [0.2, 0.25) is 5.02 Å². The van der Waals surface area contributed by atoms with Crippen molar-refractivity contribution in [1.82, 2.24) is 9.97 Å². The highest BCUT2D eigenvalue weighted by molar-refractivity contribution is 7.90. The molecule has 4 rings (SSSR count). The van der Waals surface area contributed by atoms with Gasteiger partial charge in [0.1, 0.15) is 18.2 Å². The predicted molar refractivity (Wildman–Crippen MR) is 110 cm³/mol. The molecule has 0 aliphatic carbocycles. The van der Waals surface area contributed by atoms with Gasteiger partial charge in [-0.2, -0.15) is 0 Å². The summed E-state index contributed by atoms with van der Waals surface area (Å²) in [6, 6.07) is 19.8. The Morgan fingerprint density at radius 2 is 1.86 bits per heavy atom. The first-order valence-corrected chi connectivity index (χ1v) is 10.8. The summed E-state index contributed by atoms with van der Waals surface area (Å²) in [5, 5.41) is 0.608. The number of fused-ring (bicyclic) bond motifs is 1. The van der Waals surface area contributed by atoms with Crippen LogP contribution in [-0.2, 0) is 16.4 Å². The third-order valence-corrected chi connectivity index (χ3v) is 5.69. The lowest BCUT2D eigenvalue weighted by Crippen LogP contribution is -1.99. The molecule has 0 fully saturated rings. The van der Waals surface area contributed by atoms with E-state index in [-0.39, 0.29) is 6.61 Å². The van der Waals surface area contributed by atoms with Gasteiger partial charge in [0, 0.05) is 16.8 Å². The number of halogens is 1. The lowest BCUT2D eigenvalue weighted by atomic mass is 10.1. The van der Waals surface area contributed by atoms with Crippen molar-refractivity contribution in [2.24, 2.45) is 0 Å². The van der Waals surface area contributed by atoms with Crippen LogP contribution in [0.3, 0.4) is 0 Å². The second-order valence-electron chi connectivity index (χ2n) is 6.43. The van der Waals surface area contributed by atoms with E-state index in [1.807, 2.05) is 36.4 Å². The van der Waals surface area contributed by atoms with Crippen LogP contribution in [0.5, 0.6) is 5.75 Å². The van der Waals surface area contributed by atoms with Crippen LogP contribution in [-0.4, -0.2) is 24.6 Å². The lowest BCUT2D eigenvalue weighted by molar-refractivity contribution is 0.297. The smallest absolute Gasteiger partial charge is 0.176 e. The molecular formula is C21H17ClN2O3S. The SMILES string of the molecule is CS(=O)(=O)c1ccccc1-c1ccc2[nH]c(COc3cccc(Cl)c3)nc2c1. The Hall–Kier alpha value is -2.83. The molecule has 0 atom stereocenters. The van der Waals surface area contributed by atoms with Crippen molar-refractivity contribution in [3.8, 4) is 16.9 Å². The third-order valence-electron chi connectivity index (χ3n) is 4.30. The van der Waals surface area contributed by atoms with Gasteiger partial charge < -0.3 is 9.72 Å². The van der Waals surface area contributed by atoms with E-state index in [4.69, 9.17) is 16.3 Å². The van der Waals surface area contributed by atoms with Gasteiger partial charge in [-0.25, -0.2) is 13.4 Å². The maximum absolute atomic E-state index is 12.1. The maximum Gasteiger partial charge on any atom is 0.176 e. The lowest BCUT2D eigenvalue weighted by Gasteiger charge is -2.07. The summed E-state index contributed by atoms with van der Waals surface area (Å²) in [6.45, 7) is 0.268. The molecule has 3 aromatic carbocycles. The zero-order valence-corrected chi connectivity index (χ0v) is 16.6. The molecule has 0 saturated carbocycles. The van der Waals surface area contributed by atoms with Crippen LogP contribution in [0, 0.1) is 0 Å². The molecule has 28 heavy (non-hydrogen) atoms. The Balaban J connectivity index is 1.64. The molecular weight excluding hydrogens is 396 g/mol. The number of ether oxygens (including phenoxy) is 1. The summed E-state index contributed by atoms with van der Waals surface area (Å²) in [5.74, 6) is 1.33. The number of aromatic nitrogens is 2. The minimum absolute atomic E-state index is 0.268. The average molecular weight is 413 g/mol. The molecule has 142 valence electrons. The average Bonchev–Trinajstić information content (AvgIpc) is 3.08. The quantitative estimate of drug-likeness (QED) is 0.507. The molecule has 0 spiro atoms. The van der Waals surface area contributed by atoms with Crippen molar-refractivity contribution in [1.29, 1.82) is 0 Å². The number of imidazole rings is 1. The monoisotopic (exact) mass is 412 g/mol. The Kier molecular flexibility index (Phi) is 4.83. The molecule has 0 unspecified atom stereocenters. The van der Waals surface area contributed by atoms with E-state index < -0.39 is 9.84 Å². The van der Waals surface area contributed by atoms with Crippen molar-refractivity contribution in [3.05, 3.63) is 77.6 Å².